The lowest BCUT2D eigenvalue weighted by Gasteiger charge is -2.21. The van der Waals surface area contributed by atoms with Crippen LogP contribution >= 0.6 is 12.8 Å². The quantitative estimate of drug-likeness (QED) is 0.684. The summed E-state index contributed by atoms with van der Waals surface area (Å²) in [5.74, 6) is -0.154. The standard InChI is InChI=1S/C11H15NOS/c1-11(2,3)9-7-5-4-6-8(9)10(13)12-14/h4-7,14H,1-3H3,(H,12,13). The summed E-state index contributed by atoms with van der Waals surface area (Å²) in [5.41, 5.74) is 1.69. The number of nitrogens with one attached hydrogen (secondary N) is 1. The molecule has 0 atom stereocenters. The fourth-order valence-corrected chi connectivity index (χ4v) is 1.52. The number of hydrogen-bond acceptors (Lipinski definition) is 2. The third kappa shape index (κ3) is 2.29. The average Bonchev–Trinajstić information content (AvgIpc) is 2.15. The van der Waals surface area contributed by atoms with E-state index in [9.17, 15) is 4.79 Å². The number of amides is 1. The fourth-order valence-electron chi connectivity index (χ4n) is 1.40. The van der Waals surface area contributed by atoms with Crippen molar-refractivity contribution >= 4 is 18.7 Å². The molecule has 0 bridgehead atoms. The summed E-state index contributed by atoms with van der Waals surface area (Å²) in [4.78, 5) is 11.5. The monoisotopic (exact) mass is 209 g/mol. The van der Waals surface area contributed by atoms with Crippen molar-refractivity contribution in [1.29, 1.82) is 0 Å². The number of carbonyl (C=O) groups excluding carboxylic acids is 1. The van der Waals surface area contributed by atoms with Crippen molar-refractivity contribution in [3.8, 4) is 0 Å². The molecule has 14 heavy (non-hydrogen) atoms. The highest BCUT2D eigenvalue weighted by molar-refractivity contribution is 7.78. The second-order valence-electron chi connectivity index (χ2n) is 4.24. The third-order valence-electron chi connectivity index (χ3n) is 2.08. The summed E-state index contributed by atoms with van der Waals surface area (Å²) < 4.78 is 2.35. The van der Waals surface area contributed by atoms with Crippen LogP contribution in [0.1, 0.15) is 36.7 Å². The highest BCUT2D eigenvalue weighted by Crippen LogP contribution is 2.25. The van der Waals surface area contributed by atoms with Crippen molar-refractivity contribution in [1.82, 2.24) is 4.72 Å². The highest BCUT2D eigenvalue weighted by atomic mass is 32.1. The van der Waals surface area contributed by atoms with Crippen molar-refractivity contribution in [2.75, 3.05) is 0 Å². The smallest absolute Gasteiger partial charge is 0.261 e. The van der Waals surface area contributed by atoms with Gasteiger partial charge >= 0.3 is 0 Å². The SMILES string of the molecule is CC(C)(C)c1ccccc1C(=O)NS. The van der Waals surface area contributed by atoms with Gasteiger partial charge in [0.1, 0.15) is 0 Å². The molecule has 1 N–H and O–H groups in total. The molecule has 1 rings (SSSR count). The van der Waals surface area contributed by atoms with Crippen LogP contribution in [0.4, 0.5) is 0 Å². The zero-order valence-electron chi connectivity index (χ0n) is 8.66. The van der Waals surface area contributed by atoms with Gasteiger partial charge in [0, 0.05) is 5.56 Å². The molecule has 0 aromatic heterocycles. The Kier molecular flexibility index (Phi) is 3.21. The molecule has 76 valence electrons. The summed E-state index contributed by atoms with van der Waals surface area (Å²) in [5, 5.41) is 0. The van der Waals surface area contributed by atoms with Gasteiger partial charge in [-0.2, -0.15) is 0 Å². The molecule has 0 saturated heterocycles. The summed E-state index contributed by atoms with van der Waals surface area (Å²) in [6.45, 7) is 6.24. The van der Waals surface area contributed by atoms with E-state index in [1.165, 1.54) is 0 Å². The van der Waals surface area contributed by atoms with Crippen molar-refractivity contribution in [2.24, 2.45) is 0 Å². The largest absolute Gasteiger partial charge is 0.299 e. The third-order valence-corrected chi connectivity index (χ3v) is 2.28. The van der Waals surface area contributed by atoms with E-state index in [-0.39, 0.29) is 11.3 Å². The number of benzene rings is 1. The first-order valence-corrected chi connectivity index (χ1v) is 4.95. The summed E-state index contributed by atoms with van der Waals surface area (Å²) >= 11 is 3.77. The number of thiol groups is 1. The first kappa shape index (κ1) is 11.1. The summed E-state index contributed by atoms with van der Waals surface area (Å²) in [6.07, 6.45) is 0. The molecular weight excluding hydrogens is 194 g/mol. The molecule has 0 radical (unpaired) electrons. The Hall–Kier alpha value is -0.960. The molecule has 0 aliphatic carbocycles. The molecular formula is C11H15NOS. The van der Waals surface area contributed by atoms with Gasteiger partial charge < -0.3 is 0 Å². The Balaban J connectivity index is 3.23. The van der Waals surface area contributed by atoms with Crippen LogP contribution < -0.4 is 4.72 Å². The van der Waals surface area contributed by atoms with Crippen molar-refractivity contribution in [3.05, 3.63) is 35.4 Å². The molecule has 0 aliphatic rings. The Morgan fingerprint density at radius 1 is 1.29 bits per heavy atom. The van der Waals surface area contributed by atoms with E-state index in [1.54, 1.807) is 0 Å². The lowest BCUT2D eigenvalue weighted by atomic mass is 9.83. The van der Waals surface area contributed by atoms with Crippen LogP contribution in [0.5, 0.6) is 0 Å². The predicted octanol–water partition coefficient (Wildman–Crippen LogP) is 2.56. The summed E-state index contributed by atoms with van der Waals surface area (Å²) in [6, 6.07) is 7.58. The zero-order valence-corrected chi connectivity index (χ0v) is 9.56. The van der Waals surface area contributed by atoms with E-state index >= 15 is 0 Å². The lowest BCUT2D eigenvalue weighted by Crippen LogP contribution is -2.21. The van der Waals surface area contributed by atoms with Crippen LogP contribution in [0.2, 0.25) is 0 Å². The number of carbonyl (C=O) groups is 1. The van der Waals surface area contributed by atoms with Gasteiger partial charge in [-0.25, -0.2) is 0 Å². The second kappa shape index (κ2) is 4.05. The van der Waals surface area contributed by atoms with Gasteiger partial charge in [0.05, 0.1) is 0 Å². The zero-order chi connectivity index (χ0) is 10.8. The van der Waals surface area contributed by atoms with Crippen molar-refractivity contribution in [3.63, 3.8) is 0 Å². The van der Waals surface area contributed by atoms with Crippen LogP contribution in [0.25, 0.3) is 0 Å². The topological polar surface area (TPSA) is 29.1 Å². The van der Waals surface area contributed by atoms with Gasteiger partial charge in [-0.1, -0.05) is 51.8 Å². The molecule has 0 aliphatic heterocycles. The molecule has 0 saturated carbocycles. The molecule has 1 amide bonds. The minimum atomic E-state index is -0.154. The Labute approximate surface area is 90.3 Å². The van der Waals surface area contributed by atoms with Gasteiger partial charge in [0.15, 0.2) is 0 Å². The van der Waals surface area contributed by atoms with E-state index in [0.29, 0.717) is 5.56 Å². The van der Waals surface area contributed by atoms with Crippen LogP contribution in [0.3, 0.4) is 0 Å². The normalized spacial score (nSPS) is 11.1. The van der Waals surface area contributed by atoms with Crippen LogP contribution in [0, 0.1) is 0 Å². The number of hydrogen-bond donors (Lipinski definition) is 2. The first-order chi connectivity index (χ1) is 6.46. The van der Waals surface area contributed by atoms with Gasteiger partial charge in [-0.05, 0) is 17.0 Å². The fraction of sp³-hybridized carbons (Fsp3) is 0.364. The van der Waals surface area contributed by atoms with Gasteiger partial charge in [-0.3, -0.25) is 9.52 Å². The Bertz CT molecular complexity index is 341. The maximum atomic E-state index is 11.5. The van der Waals surface area contributed by atoms with E-state index in [2.05, 4.69) is 38.3 Å². The maximum absolute atomic E-state index is 11.5. The van der Waals surface area contributed by atoms with Crippen molar-refractivity contribution < 1.29 is 4.79 Å². The molecule has 0 heterocycles. The number of rotatable bonds is 1. The maximum Gasteiger partial charge on any atom is 0.261 e. The second-order valence-corrected chi connectivity index (χ2v) is 4.46. The molecule has 0 spiro atoms. The van der Waals surface area contributed by atoms with Crippen LogP contribution in [-0.2, 0) is 5.41 Å². The minimum Gasteiger partial charge on any atom is -0.299 e. The van der Waals surface area contributed by atoms with E-state index in [1.807, 2.05) is 24.3 Å². The lowest BCUT2D eigenvalue weighted by molar-refractivity contribution is 0.0983. The predicted molar refractivity (Wildman–Crippen MR) is 61.6 cm³/mol. The van der Waals surface area contributed by atoms with E-state index in [0.717, 1.165) is 5.56 Å². The Morgan fingerprint density at radius 3 is 2.36 bits per heavy atom. The molecule has 2 nitrogen and oxygen atoms in total. The van der Waals surface area contributed by atoms with Gasteiger partial charge in [0.2, 0.25) is 0 Å². The van der Waals surface area contributed by atoms with Crippen LogP contribution in [-0.4, -0.2) is 5.91 Å². The average molecular weight is 209 g/mol. The van der Waals surface area contributed by atoms with Gasteiger partial charge in [0.25, 0.3) is 5.91 Å². The van der Waals surface area contributed by atoms with Crippen LogP contribution in [0.15, 0.2) is 24.3 Å². The highest BCUT2D eigenvalue weighted by Gasteiger charge is 2.20. The molecule has 3 heteroatoms. The van der Waals surface area contributed by atoms with Gasteiger partial charge in [-0.15, -0.1) is 0 Å². The van der Waals surface area contributed by atoms with E-state index < -0.39 is 0 Å². The molecule has 1 aromatic carbocycles. The van der Waals surface area contributed by atoms with E-state index in [4.69, 9.17) is 0 Å². The first-order valence-electron chi connectivity index (χ1n) is 4.51. The van der Waals surface area contributed by atoms with Crippen molar-refractivity contribution in [2.45, 2.75) is 26.2 Å². The molecule has 0 fully saturated rings. The summed E-state index contributed by atoms with van der Waals surface area (Å²) in [7, 11) is 0. The Morgan fingerprint density at radius 2 is 1.86 bits per heavy atom. The minimum absolute atomic E-state index is 0.0309. The molecule has 0 unspecified atom stereocenters. The molecule has 1 aromatic rings.